The van der Waals surface area contributed by atoms with Gasteiger partial charge in [0.05, 0.1) is 0 Å². The Morgan fingerprint density at radius 2 is 1.47 bits per heavy atom. The van der Waals surface area contributed by atoms with Crippen molar-refractivity contribution in [2.24, 2.45) is 0 Å². The normalized spacial score (nSPS) is 17.1. The Morgan fingerprint density at radius 1 is 0.722 bits per heavy atom. The van der Waals surface area contributed by atoms with Gasteiger partial charge in [-0.1, -0.05) is 93.3 Å². The van der Waals surface area contributed by atoms with Gasteiger partial charge in [-0.2, -0.15) is 0 Å². The lowest BCUT2D eigenvalue weighted by Gasteiger charge is -2.22. The van der Waals surface area contributed by atoms with Crippen molar-refractivity contribution in [2.75, 3.05) is 11.1 Å². The zero-order chi connectivity index (χ0) is 24.7. The third-order valence-electron chi connectivity index (χ3n) is 7.30. The van der Waals surface area contributed by atoms with Crippen LogP contribution in [0.4, 0.5) is 11.4 Å². The van der Waals surface area contributed by atoms with Crippen molar-refractivity contribution in [3.05, 3.63) is 133 Å². The van der Waals surface area contributed by atoms with Crippen LogP contribution in [0.1, 0.15) is 30.5 Å². The number of allylic oxidation sites excluding steroid dienone is 4. The highest BCUT2D eigenvalue weighted by Gasteiger charge is 2.35. The van der Waals surface area contributed by atoms with E-state index in [1.807, 2.05) is 11.8 Å². The smallest absolute Gasteiger partial charge is 0.0387 e. The van der Waals surface area contributed by atoms with Crippen LogP contribution in [-0.2, 0) is 5.41 Å². The number of hydrogen-bond donors (Lipinski definition) is 1. The molecule has 0 saturated carbocycles. The van der Waals surface area contributed by atoms with Gasteiger partial charge in [0.25, 0.3) is 0 Å². The van der Waals surface area contributed by atoms with Gasteiger partial charge in [0.15, 0.2) is 0 Å². The SMILES string of the molecule is C=C1/C=C\C=C/CSc2ccc(-c3ccc(Nc4ccc5c(c4)C(C)(C)c4ccccc4-5)cc3)cc21. The average molecular weight is 484 g/mol. The standard InChI is InChI=1S/C34H29NS/c1-23-9-5-4-8-20-36-33-19-14-25(21-30(23)33)24-12-15-26(16-13-24)35-27-17-18-29-28-10-6-7-11-31(28)34(2,3)32(29)22-27/h4-19,21-22,35H,1,20H2,2-3H3/b8-4-,9-5-. The van der Waals surface area contributed by atoms with Crippen molar-refractivity contribution in [1.82, 2.24) is 0 Å². The van der Waals surface area contributed by atoms with E-state index in [0.717, 1.165) is 22.7 Å². The van der Waals surface area contributed by atoms with Crippen LogP contribution in [0.3, 0.4) is 0 Å². The molecule has 0 bridgehead atoms. The summed E-state index contributed by atoms with van der Waals surface area (Å²) in [6.45, 7) is 8.94. The van der Waals surface area contributed by atoms with E-state index in [1.54, 1.807) is 0 Å². The molecule has 1 nitrogen and oxygen atoms in total. The molecule has 0 radical (unpaired) electrons. The monoisotopic (exact) mass is 483 g/mol. The zero-order valence-electron chi connectivity index (χ0n) is 20.7. The van der Waals surface area contributed by atoms with Gasteiger partial charge in [-0.15, -0.1) is 11.8 Å². The predicted octanol–water partition coefficient (Wildman–Crippen LogP) is 9.63. The number of fused-ring (bicyclic) bond motifs is 4. The first-order valence-electron chi connectivity index (χ1n) is 12.4. The van der Waals surface area contributed by atoms with Gasteiger partial charge < -0.3 is 5.32 Å². The van der Waals surface area contributed by atoms with E-state index in [-0.39, 0.29) is 5.41 Å². The molecule has 2 aliphatic rings. The summed E-state index contributed by atoms with van der Waals surface area (Å²) < 4.78 is 0. The van der Waals surface area contributed by atoms with Crippen LogP contribution in [0.25, 0.3) is 27.8 Å². The highest BCUT2D eigenvalue weighted by atomic mass is 32.2. The maximum absolute atomic E-state index is 4.30. The molecule has 0 spiro atoms. The minimum absolute atomic E-state index is 0.00434. The van der Waals surface area contributed by atoms with Gasteiger partial charge >= 0.3 is 0 Å². The minimum Gasteiger partial charge on any atom is -0.356 e. The van der Waals surface area contributed by atoms with Crippen LogP contribution in [0, 0.1) is 0 Å². The Balaban J connectivity index is 1.25. The number of benzene rings is 4. The lowest BCUT2D eigenvalue weighted by Crippen LogP contribution is -2.15. The molecule has 1 aliphatic carbocycles. The fourth-order valence-corrected chi connectivity index (χ4v) is 6.21. The summed E-state index contributed by atoms with van der Waals surface area (Å²) >= 11 is 1.85. The number of thioether (sulfide) groups is 1. The summed E-state index contributed by atoms with van der Waals surface area (Å²) in [4.78, 5) is 1.28. The van der Waals surface area contributed by atoms with Crippen LogP contribution < -0.4 is 5.32 Å². The maximum Gasteiger partial charge on any atom is 0.0387 e. The molecule has 0 amide bonds. The number of anilines is 2. The van der Waals surface area contributed by atoms with E-state index in [1.165, 1.54) is 43.8 Å². The van der Waals surface area contributed by atoms with Crippen molar-refractivity contribution >= 4 is 28.7 Å². The van der Waals surface area contributed by atoms with Crippen molar-refractivity contribution in [3.8, 4) is 22.3 Å². The second-order valence-corrected chi connectivity index (χ2v) is 11.0. The van der Waals surface area contributed by atoms with E-state index >= 15 is 0 Å². The van der Waals surface area contributed by atoms with Crippen molar-refractivity contribution < 1.29 is 0 Å². The molecule has 4 aromatic rings. The zero-order valence-corrected chi connectivity index (χ0v) is 21.5. The predicted molar refractivity (Wildman–Crippen MR) is 157 cm³/mol. The molecule has 1 aliphatic heterocycles. The summed E-state index contributed by atoms with van der Waals surface area (Å²) in [5, 5.41) is 3.62. The Kier molecular flexibility index (Phi) is 5.70. The molecular formula is C34H29NS. The van der Waals surface area contributed by atoms with Gasteiger partial charge in [0.2, 0.25) is 0 Å². The Hall–Kier alpha value is -3.75. The van der Waals surface area contributed by atoms with Gasteiger partial charge in [-0.05, 0) is 80.9 Å². The fourth-order valence-electron chi connectivity index (χ4n) is 5.31. The summed E-state index contributed by atoms with van der Waals surface area (Å²) in [5.74, 6) is 0.969. The first-order chi connectivity index (χ1) is 17.5. The van der Waals surface area contributed by atoms with Crippen molar-refractivity contribution in [2.45, 2.75) is 24.2 Å². The third-order valence-corrected chi connectivity index (χ3v) is 8.32. The fraction of sp³-hybridized carbons (Fsp3) is 0.118. The highest BCUT2D eigenvalue weighted by molar-refractivity contribution is 7.99. The van der Waals surface area contributed by atoms with Crippen LogP contribution in [0.15, 0.2) is 121 Å². The van der Waals surface area contributed by atoms with E-state index in [0.29, 0.717) is 0 Å². The van der Waals surface area contributed by atoms with E-state index in [2.05, 4.69) is 135 Å². The molecule has 0 unspecified atom stereocenters. The van der Waals surface area contributed by atoms with Crippen LogP contribution in [0.2, 0.25) is 0 Å². The first-order valence-corrected chi connectivity index (χ1v) is 13.4. The second-order valence-electron chi connectivity index (χ2n) is 9.97. The van der Waals surface area contributed by atoms with E-state index in [4.69, 9.17) is 0 Å². The number of hydrogen-bond acceptors (Lipinski definition) is 2. The molecule has 0 saturated heterocycles. The summed E-state index contributed by atoms with van der Waals surface area (Å²) in [6.07, 6.45) is 8.44. The molecule has 6 rings (SSSR count). The van der Waals surface area contributed by atoms with Gasteiger partial charge in [-0.25, -0.2) is 0 Å². The molecule has 0 aromatic heterocycles. The lowest BCUT2D eigenvalue weighted by molar-refractivity contribution is 0.660. The minimum atomic E-state index is 0.00434. The molecule has 2 heteroatoms. The topological polar surface area (TPSA) is 12.0 Å². The Bertz CT molecular complexity index is 1540. The Labute approximate surface area is 218 Å². The van der Waals surface area contributed by atoms with Crippen molar-refractivity contribution in [1.29, 1.82) is 0 Å². The van der Waals surface area contributed by atoms with E-state index < -0.39 is 0 Å². The van der Waals surface area contributed by atoms with Gasteiger partial charge in [0.1, 0.15) is 0 Å². The Morgan fingerprint density at radius 3 is 2.33 bits per heavy atom. The van der Waals surface area contributed by atoms with Crippen LogP contribution >= 0.6 is 11.8 Å². The lowest BCUT2D eigenvalue weighted by atomic mass is 9.82. The number of rotatable bonds is 3. The molecule has 0 atom stereocenters. The molecule has 4 aromatic carbocycles. The third kappa shape index (κ3) is 4.02. The number of nitrogens with one attached hydrogen (secondary N) is 1. The summed E-state index contributed by atoms with van der Waals surface area (Å²) in [5.41, 5.74) is 12.4. The summed E-state index contributed by atoms with van der Waals surface area (Å²) in [7, 11) is 0. The molecule has 1 N–H and O–H groups in total. The summed E-state index contributed by atoms with van der Waals surface area (Å²) in [6, 6.07) is 31.0. The molecule has 176 valence electrons. The van der Waals surface area contributed by atoms with Crippen LogP contribution in [0.5, 0.6) is 0 Å². The largest absolute Gasteiger partial charge is 0.356 e. The van der Waals surface area contributed by atoms with Gasteiger partial charge in [-0.3, -0.25) is 0 Å². The second kappa shape index (κ2) is 9.04. The maximum atomic E-state index is 4.30. The highest BCUT2D eigenvalue weighted by Crippen LogP contribution is 2.49. The molecule has 0 fully saturated rings. The molecule has 1 heterocycles. The molecular weight excluding hydrogens is 454 g/mol. The first kappa shape index (κ1) is 22.7. The van der Waals surface area contributed by atoms with E-state index in [9.17, 15) is 0 Å². The van der Waals surface area contributed by atoms with Crippen LogP contribution in [-0.4, -0.2) is 5.75 Å². The van der Waals surface area contributed by atoms with Crippen molar-refractivity contribution in [3.63, 3.8) is 0 Å². The average Bonchev–Trinajstić information content (AvgIpc) is 3.17. The van der Waals surface area contributed by atoms with Gasteiger partial charge in [0, 0.05) is 27.4 Å². The quantitative estimate of drug-likeness (QED) is 0.311. The molecule has 36 heavy (non-hydrogen) atoms.